The lowest BCUT2D eigenvalue weighted by Gasteiger charge is -2.36. The smallest absolute Gasteiger partial charge is 0.227 e. The van der Waals surface area contributed by atoms with Crippen LogP contribution in [0.1, 0.15) is 36.0 Å². The van der Waals surface area contributed by atoms with Crippen LogP contribution in [0.25, 0.3) is 0 Å². The van der Waals surface area contributed by atoms with Gasteiger partial charge in [0, 0.05) is 68.7 Å². The van der Waals surface area contributed by atoms with Crippen LogP contribution in [-0.4, -0.2) is 72.4 Å². The standard InChI is InChI=1S/C21H29N7O/c1-15-13-18(24-20(22-15)17-3-4-17)26-5-7-28(8-6-26)21-23-16(2)14-19(25-21)27-9-11-29-12-10-27/h13-14,17H,3-12H2,1-2H3. The van der Waals surface area contributed by atoms with E-state index in [2.05, 4.69) is 45.7 Å². The first-order chi connectivity index (χ1) is 14.2. The van der Waals surface area contributed by atoms with Gasteiger partial charge in [0.05, 0.1) is 13.2 Å². The SMILES string of the molecule is Cc1cc(N2CCN(c3nc(C)cc(N4CCOCC4)n3)CC2)nc(C2CC2)n1. The van der Waals surface area contributed by atoms with Crippen molar-refractivity contribution in [3.63, 3.8) is 0 Å². The van der Waals surface area contributed by atoms with Gasteiger partial charge < -0.3 is 19.4 Å². The molecule has 4 heterocycles. The van der Waals surface area contributed by atoms with Crippen molar-refractivity contribution in [2.24, 2.45) is 0 Å². The van der Waals surface area contributed by atoms with E-state index in [1.165, 1.54) is 12.8 Å². The lowest BCUT2D eigenvalue weighted by atomic mass is 10.3. The van der Waals surface area contributed by atoms with Gasteiger partial charge in [-0.1, -0.05) is 0 Å². The first-order valence-corrected chi connectivity index (χ1v) is 10.7. The molecular weight excluding hydrogens is 366 g/mol. The van der Waals surface area contributed by atoms with E-state index in [1.54, 1.807) is 0 Å². The average Bonchev–Trinajstić information content (AvgIpc) is 3.59. The van der Waals surface area contributed by atoms with Crippen LogP contribution >= 0.6 is 0 Å². The number of nitrogens with zero attached hydrogens (tertiary/aromatic N) is 7. The molecule has 0 unspecified atom stereocenters. The van der Waals surface area contributed by atoms with Crippen LogP contribution in [0.15, 0.2) is 12.1 Å². The molecule has 5 rings (SSSR count). The maximum atomic E-state index is 5.48. The predicted octanol–water partition coefficient (Wildman–Crippen LogP) is 1.92. The van der Waals surface area contributed by atoms with Crippen molar-refractivity contribution < 1.29 is 4.74 Å². The number of anilines is 3. The second-order valence-corrected chi connectivity index (χ2v) is 8.24. The van der Waals surface area contributed by atoms with Crippen molar-refractivity contribution in [1.29, 1.82) is 0 Å². The number of piperazine rings is 1. The zero-order valence-corrected chi connectivity index (χ0v) is 17.3. The van der Waals surface area contributed by atoms with Crippen LogP contribution in [0, 0.1) is 13.8 Å². The summed E-state index contributed by atoms with van der Waals surface area (Å²) in [4.78, 5) is 26.0. The summed E-state index contributed by atoms with van der Waals surface area (Å²) in [7, 11) is 0. The van der Waals surface area contributed by atoms with Gasteiger partial charge in [-0.25, -0.2) is 15.0 Å². The van der Waals surface area contributed by atoms with Crippen LogP contribution in [0.3, 0.4) is 0 Å². The maximum absolute atomic E-state index is 5.48. The molecule has 8 heteroatoms. The molecule has 0 bridgehead atoms. The molecular formula is C21H29N7O. The van der Waals surface area contributed by atoms with Gasteiger partial charge in [-0.2, -0.15) is 4.98 Å². The maximum Gasteiger partial charge on any atom is 0.227 e. The third-order valence-electron chi connectivity index (χ3n) is 5.85. The molecule has 2 aromatic rings. The first-order valence-electron chi connectivity index (χ1n) is 10.7. The minimum absolute atomic E-state index is 0.578. The summed E-state index contributed by atoms with van der Waals surface area (Å²) in [5, 5.41) is 0. The largest absolute Gasteiger partial charge is 0.378 e. The second kappa shape index (κ2) is 7.74. The zero-order valence-electron chi connectivity index (χ0n) is 17.3. The Balaban J connectivity index is 1.29. The Morgan fingerprint density at radius 3 is 2.00 bits per heavy atom. The number of aromatic nitrogens is 4. The van der Waals surface area contributed by atoms with Crippen LogP contribution in [0.5, 0.6) is 0 Å². The molecule has 1 aliphatic carbocycles. The Morgan fingerprint density at radius 1 is 0.724 bits per heavy atom. The Labute approximate surface area is 171 Å². The average molecular weight is 396 g/mol. The highest BCUT2D eigenvalue weighted by Gasteiger charge is 2.28. The second-order valence-electron chi connectivity index (χ2n) is 8.24. The number of rotatable bonds is 4. The number of hydrogen-bond acceptors (Lipinski definition) is 8. The molecule has 0 amide bonds. The van der Waals surface area contributed by atoms with Crippen molar-refractivity contribution in [2.75, 3.05) is 67.2 Å². The molecule has 3 aliphatic rings. The molecule has 154 valence electrons. The summed E-state index contributed by atoms with van der Waals surface area (Å²) in [5.41, 5.74) is 2.08. The van der Waals surface area contributed by atoms with E-state index in [4.69, 9.17) is 19.7 Å². The highest BCUT2D eigenvalue weighted by molar-refractivity contribution is 5.48. The Hall–Kier alpha value is -2.48. The Bertz CT molecular complexity index is 871. The van der Waals surface area contributed by atoms with Gasteiger partial charge in [-0.15, -0.1) is 0 Å². The first kappa shape index (κ1) is 18.5. The van der Waals surface area contributed by atoms with Gasteiger partial charge in [0.2, 0.25) is 5.95 Å². The summed E-state index contributed by atoms with van der Waals surface area (Å²) in [6.07, 6.45) is 2.46. The minimum Gasteiger partial charge on any atom is -0.378 e. The van der Waals surface area contributed by atoms with Crippen molar-refractivity contribution in [2.45, 2.75) is 32.6 Å². The van der Waals surface area contributed by atoms with Crippen LogP contribution in [0.2, 0.25) is 0 Å². The fourth-order valence-electron chi connectivity index (χ4n) is 4.03. The van der Waals surface area contributed by atoms with Crippen molar-refractivity contribution in [1.82, 2.24) is 19.9 Å². The van der Waals surface area contributed by atoms with E-state index in [0.717, 1.165) is 87.3 Å². The minimum atomic E-state index is 0.578. The molecule has 0 spiro atoms. The number of morpholine rings is 1. The van der Waals surface area contributed by atoms with Gasteiger partial charge in [0.1, 0.15) is 17.5 Å². The fourth-order valence-corrected chi connectivity index (χ4v) is 4.03. The van der Waals surface area contributed by atoms with E-state index in [0.29, 0.717) is 5.92 Å². The third-order valence-corrected chi connectivity index (χ3v) is 5.85. The zero-order chi connectivity index (χ0) is 19.8. The van der Waals surface area contributed by atoms with E-state index < -0.39 is 0 Å². The molecule has 0 aromatic carbocycles. The summed E-state index contributed by atoms with van der Waals surface area (Å²) in [6.45, 7) is 11.1. The van der Waals surface area contributed by atoms with Crippen LogP contribution in [-0.2, 0) is 4.74 Å². The summed E-state index contributed by atoms with van der Waals surface area (Å²) in [5.74, 6) is 4.52. The number of aryl methyl sites for hydroxylation is 2. The molecule has 8 nitrogen and oxygen atoms in total. The molecule has 0 N–H and O–H groups in total. The monoisotopic (exact) mass is 395 g/mol. The topological polar surface area (TPSA) is 70.5 Å². The lowest BCUT2D eigenvalue weighted by Crippen LogP contribution is -2.47. The van der Waals surface area contributed by atoms with Gasteiger partial charge in [-0.3, -0.25) is 0 Å². The molecule has 0 radical (unpaired) electrons. The molecule has 3 fully saturated rings. The molecule has 2 saturated heterocycles. The number of ether oxygens (including phenoxy) is 1. The summed E-state index contributed by atoms with van der Waals surface area (Å²) < 4.78 is 5.48. The van der Waals surface area contributed by atoms with E-state index in [1.807, 2.05) is 0 Å². The van der Waals surface area contributed by atoms with Crippen LogP contribution < -0.4 is 14.7 Å². The van der Waals surface area contributed by atoms with Crippen molar-refractivity contribution >= 4 is 17.6 Å². The highest BCUT2D eigenvalue weighted by Crippen LogP contribution is 2.38. The lowest BCUT2D eigenvalue weighted by molar-refractivity contribution is 0.122. The van der Waals surface area contributed by atoms with E-state index in [9.17, 15) is 0 Å². The molecule has 2 aliphatic heterocycles. The Kier molecular flexibility index (Phi) is 4.95. The van der Waals surface area contributed by atoms with Crippen molar-refractivity contribution in [3.05, 3.63) is 29.3 Å². The predicted molar refractivity (Wildman–Crippen MR) is 113 cm³/mol. The number of hydrogen-bond donors (Lipinski definition) is 0. The summed E-state index contributed by atoms with van der Waals surface area (Å²) in [6, 6.07) is 4.19. The molecule has 0 atom stereocenters. The quantitative estimate of drug-likeness (QED) is 0.778. The third kappa shape index (κ3) is 4.12. The highest BCUT2D eigenvalue weighted by atomic mass is 16.5. The van der Waals surface area contributed by atoms with Crippen LogP contribution in [0.4, 0.5) is 17.6 Å². The fraction of sp³-hybridized carbons (Fsp3) is 0.619. The van der Waals surface area contributed by atoms with Gasteiger partial charge >= 0.3 is 0 Å². The normalized spacial score (nSPS) is 20.3. The van der Waals surface area contributed by atoms with Gasteiger partial charge in [0.25, 0.3) is 0 Å². The summed E-state index contributed by atoms with van der Waals surface area (Å²) >= 11 is 0. The Morgan fingerprint density at radius 2 is 1.31 bits per heavy atom. The van der Waals surface area contributed by atoms with Gasteiger partial charge in [-0.05, 0) is 26.7 Å². The molecule has 1 saturated carbocycles. The molecule has 2 aromatic heterocycles. The van der Waals surface area contributed by atoms with E-state index in [-0.39, 0.29) is 0 Å². The molecule has 29 heavy (non-hydrogen) atoms. The van der Waals surface area contributed by atoms with Gasteiger partial charge in [0.15, 0.2) is 0 Å². The van der Waals surface area contributed by atoms with Crippen molar-refractivity contribution in [3.8, 4) is 0 Å². The van der Waals surface area contributed by atoms with E-state index >= 15 is 0 Å².